The van der Waals surface area contributed by atoms with Gasteiger partial charge in [-0.15, -0.1) is 11.3 Å². The summed E-state index contributed by atoms with van der Waals surface area (Å²) in [6, 6.07) is 11.0. The topological polar surface area (TPSA) is 42.7 Å². The van der Waals surface area contributed by atoms with Gasteiger partial charge >= 0.3 is 0 Å². The zero-order valence-corrected chi connectivity index (χ0v) is 15.7. The van der Waals surface area contributed by atoms with Crippen LogP contribution in [0.3, 0.4) is 0 Å². The van der Waals surface area contributed by atoms with Gasteiger partial charge in [0.1, 0.15) is 5.01 Å². The van der Waals surface area contributed by atoms with Gasteiger partial charge in [-0.25, -0.2) is 4.98 Å². The molecule has 5 heteroatoms. The van der Waals surface area contributed by atoms with Crippen LogP contribution in [0, 0.1) is 6.92 Å². The van der Waals surface area contributed by atoms with Crippen molar-refractivity contribution >= 4 is 38.0 Å². The molecule has 4 nitrogen and oxygen atoms in total. The van der Waals surface area contributed by atoms with Crippen molar-refractivity contribution in [3.05, 3.63) is 53.2 Å². The van der Waals surface area contributed by atoms with E-state index in [1.807, 2.05) is 23.1 Å². The van der Waals surface area contributed by atoms with Gasteiger partial charge in [-0.2, -0.15) is 5.10 Å². The summed E-state index contributed by atoms with van der Waals surface area (Å²) in [5, 5.41) is 10.2. The Kier molecular flexibility index (Phi) is 3.65. The largest absolute Gasteiger partial charge is 0.313 e. The van der Waals surface area contributed by atoms with E-state index in [9.17, 15) is 0 Å². The third-order valence-corrected chi connectivity index (χ3v) is 6.05. The quantitative estimate of drug-likeness (QED) is 0.571. The Morgan fingerprint density at radius 2 is 2.08 bits per heavy atom. The van der Waals surface area contributed by atoms with Crippen molar-refractivity contribution in [1.82, 2.24) is 20.1 Å². The van der Waals surface area contributed by atoms with Crippen LogP contribution in [0.25, 0.3) is 37.8 Å². The van der Waals surface area contributed by atoms with Gasteiger partial charge in [0.15, 0.2) is 0 Å². The fraction of sp³-hybridized carbons (Fsp3) is 0.238. The lowest BCUT2D eigenvalue weighted by Gasteiger charge is -2.10. The van der Waals surface area contributed by atoms with E-state index in [2.05, 4.69) is 59.9 Å². The predicted molar refractivity (Wildman–Crippen MR) is 110 cm³/mol. The van der Waals surface area contributed by atoms with Crippen LogP contribution in [0.15, 0.2) is 42.6 Å². The summed E-state index contributed by atoms with van der Waals surface area (Å²) in [4.78, 5) is 4.93. The molecule has 2 aromatic carbocycles. The van der Waals surface area contributed by atoms with Crippen molar-refractivity contribution in [2.45, 2.75) is 13.3 Å². The van der Waals surface area contributed by atoms with Crippen LogP contribution >= 0.6 is 11.3 Å². The highest BCUT2D eigenvalue weighted by Crippen LogP contribution is 2.35. The van der Waals surface area contributed by atoms with E-state index in [1.165, 1.54) is 37.4 Å². The number of fused-ring (bicyclic) bond motifs is 2. The van der Waals surface area contributed by atoms with Gasteiger partial charge in [0.05, 0.1) is 15.7 Å². The first-order valence-corrected chi connectivity index (χ1v) is 9.74. The number of rotatable bonds is 2. The fourth-order valence-electron chi connectivity index (χ4n) is 3.65. The second kappa shape index (κ2) is 6.04. The molecule has 2 aromatic heterocycles. The molecule has 0 saturated heterocycles. The lowest BCUT2D eigenvalue weighted by Crippen LogP contribution is -2.19. The lowest BCUT2D eigenvalue weighted by atomic mass is 10.0. The molecule has 0 saturated carbocycles. The molecular weight excluding hydrogens is 340 g/mol. The highest BCUT2D eigenvalue weighted by molar-refractivity contribution is 7.19. The fourth-order valence-corrected chi connectivity index (χ4v) is 4.80. The molecular formula is C21H20N4S. The summed E-state index contributed by atoms with van der Waals surface area (Å²) in [7, 11) is 1.96. The maximum Gasteiger partial charge on any atom is 0.120 e. The molecule has 4 aromatic rings. The minimum absolute atomic E-state index is 0.945. The number of aromatic nitrogens is 3. The Morgan fingerprint density at radius 1 is 1.15 bits per heavy atom. The van der Waals surface area contributed by atoms with Crippen molar-refractivity contribution < 1.29 is 0 Å². The Morgan fingerprint density at radius 3 is 2.92 bits per heavy atom. The number of nitrogens with one attached hydrogen (secondary N) is 1. The molecule has 130 valence electrons. The summed E-state index contributed by atoms with van der Waals surface area (Å²) < 4.78 is 3.13. The van der Waals surface area contributed by atoms with Crippen LogP contribution in [-0.4, -0.2) is 27.9 Å². The Hall–Kier alpha value is -2.50. The third kappa shape index (κ3) is 2.64. The molecule has 5 rings (SSSR count). The molecule has 1 N–H and O–H groups in total. The van der Waals surface area contributed by atoms with Gasteiger partial charge in [0.25, 0.3) is 0 Å². The number of nitrogens with zero attached hydrogens (tertiary/aromatic N) is 3. The standard InChI is InChI=1S/C21H20N4S/c1-13-9-16(15-3-4-18-17(10-15)12-25(2)24-18)11-19-20(13)23-21(26-19)14-5-7-22-8-6-14/h3-5,9-12,22H,6-8H2,1-2H3. The van der Waals surface area contributed by atoms with Gasteiger partial charge in [-0.3, -0.25) is 4.68 Å². The van der Waals surface area contributed by atoms with Gasteiger partial charge in [-0.1, -0.05) is 12.1 Å². The second-order valence-corrected chi connectivity index (χ2v) is 7.95. The predicted octanol–water partition coefficient (Wildman–Crippen LogP) is 4.54. The first-order chi connectivity index (χ1) is 12.7. The van der Waals surface area contributed by atoms with E-state index < -0.39 is 0 Å². The average molecular weight is 360 g/mol. The van der Waals surface area contributed by atoms with Crippen molar-refractivity contribution in [3.8, 4) is 11.1 Å². The summed E-state index contributed by atoms with van der Waals surface area (Å²) in [6.45, 7) is 4.15. The molecule has 0 unspecified atom stereocenters. The molecule has 0 bridgehead atoms. The number of hydrogen-bond donors (Lipinski definition) is 1. The molecule has 0 amide bonds. The molecule has 1 aliphatic heterocycles. The van der Waals surface area contributed by atoms with Crippen LogP contribution in [0.2, 0.25) is 0 Å². The monoisotopic (exact) mass is 360 g/mol. The van der Waals surface area contributed by atoms with Gasteiger partial charge in [0.2, 0.25) is 0 Å². The SMILES string of the molecule is Cc1cc(-c2ccc3nn(C)cc3c2)cc2sc(C3=CCNCC3)nc12. The molecule has 1 aliphatic rings. The number of benzene rings is 2. The van der Waals surface area contributed by atoms with E-state index in [-0.39, 0.29) is 0 Å². The Balaban J connectivity index is 1.62. The summed E-state index contributed by atoms with van der Waals surface area (Å²) in [5.74, 6) is 0. The Labute approximate surface area is 156 Å². The van der Waals surface area contributed by atoms with Crippen molar-refractivity contribution in [3.63, 3.8) is 0 Å². The van der Waals surface area contributed by atoms with Crippen LogP contribution in [-0.2, 0) is 7.05 Å². The lowest BCUT2D eigenvalue weighted by molar-refractivity contribution is 0.738. The molecule has 3 heterocycles. The Bertz CT molecular complexity index is 1170. The maximum absolute atomic E-state index is 4.93. The van der Waals surface area contributed by atoms with Gasteiger partial charge in [-0.05, 0) is 66.4 Å². The summed E-state index contributed by atoms with van der Waals surface area (Å²) in [6.07, 6.45) is 5.40. The maximum atomic E-state index is 4.93. The smallest absolute Gasteiger partial charge is 0.120 e. The third-order valence-electron chi connectivity index (χ3n) is 4.98. The first-order valence-electron chi connectivity index (χ1n) is 8.92. The van der Waals surface area contributed by atoms with Gasteiger partial charge < -0.3 is 5.32 Å². The molecule has 0 radical (unpaired) electrons. The van der Waals surface area contributed by atoms with Crippen molar-refractivity contribution in [1.29, 1.82) is 0 Å². The van der Waals surface area contributed by atoms with Crippen molar-refractivity contribution in [2.24, 2.45) is 7.05 Å². The van der Waals surface area contributed by atoms with E-state index in [0.29, 0.717) is 0 Å². The second-order valence-electron chi connectivity index (χ2n) is 6.92. The highest BCUT2D eigenvalue weighted by atomic mass is 32.1. The first kappa shape index (κ1) is 15.7. The number of thiazole rings is 1. The summed E-state index contributed by atoms with van der Waals surface area (Å²) in [5.41, 5.74) is 7.26. The van der Waals surface area contributed by atoms with E-state index >= 15 is 0 Å². The van der Waals surface area contributed by atoms with E-state index in [1.54, 1.807) is 0 Å². The van der Waals surface area contributed by atoms with Crippen LogP contribution < -0.4 is 5.32 Å². The van der Waals surface area contributed by atoms with Crippen LogP contribution in [0.4, 0.5) is 0 Å². The minimum Gasteiger partial charge on any atom is -0.313 e. The van der Waals surface area contributed by atoms with E-state index in [0.717, 1.165) is 30.5 Å². The van der Waals surface area contributed by atoms with Gasteiger partial charge in [0, 0.05) is 25.2 Å². The van der Waals surface area contributed by atoms with Crippen LogP contribution in [0.1, 0.15) is 17.0 Å². The summed E-state index contributed by atoms with van der Waals surface area (Å²) >= 11 is 1.81. The molecule has 26 heavy (non-hydrogen) atoms. The van der Waals surface area contributed by atoms with Crippen molar-refractivity contribution in [2.75, 3.05) is 13.1 Å². The number of aryl methyl sites for hydroxylation is 2. The molecule has 0 spiro atoms. The van der Waals surface area contributed by atoms with E-state index in [4.69, 9.17) is 4.98 Å². The number of hydrogen-bond acceptors (Lipinski definition) is 4. The zero-order valence-electron chi connectivity index (χ0n) is 14.9. The molecule has 0 aliphatic carbocycles. The molecule has 0 fully saturated rings. The zero-order chi connectivity index (χ0) is 17.7. The average Bonchev–Trinajstić information content (AvgIpc) is 3.24. The normalized spacial score (nSPS) is 14.9. The minimum atomic E-state index is 0.945. The highest BCUT2D eigenvalue weighted by Gasteiger charge is 2.14. The van der Waals surface area contributed by atoms with Crippen LogP contribution in [0.5, 0.6) is 0 Å². The molecule has 0 atom stereocenters.